The van der Waals surface area contributed by atoms with Crippen LogP contribution in [0.2, 0.25) is 18.1 Å². The van der Waals surface area contributed by atoms with E-state index < -0.39 is 26.1 Å². The fraction of sp³-hybridized carbons (Fsp3) is 0.882. The number of amides is 2. The molecule has 0 radical (unpaired) electrons. The molecule has 2 N–H and O–H groups in total. The average molecular weight is 359 g/mol. The maximum absolute atomic E-state index is 12.2. The van der Waals surface area contributed by atoms with Gasteiger partial charge in [-0.3, -0.25) is 4.79 Å². The zero-order valence-corrected chi connectivity index (χ0v) is 17.4. The van der Waals surface area contributed by atoms with Gasteiger partial charge in [0.25, 0.3) is 0 Å². The second-order valence-corrected chi connectivity index (χ2v) is 13.8. The van der Waals surface area contributed by atoms with Crippen LogP contribution in [0, 0.1) is 0 Å². The summed E-state index contributed by atoms with van der Waals surface area (Å²) in [5.41, 5.74) is -0.584. The van der Waals surface area contributed by atoms with Crippen molar-refractivity contribution in [1.82, 2.24) is 10.6 Å². The Morgan fingerprint density at radius 3 is 2.25 bits per heavy atom. The number of ether oxygens (including phenoxy) is 1. The molecule has 0 aromatic carbocycles. The molecule has 1 fully saturated rings. The van der Waals surface area contributed by atoms with Crippen LogP contribution in [0.15, 0.2) is 0 Å². The second kappa shape index (κ2) is 7.43. The Morgan fingerprint density at radius 2 is 1.75 bits per heavy atom. The standard InChI is InChI=1S/C17H34N2O4Si/c1-16(2,3)22-15(21)19-13-10-9-12(11-18-14(13)20)23-24(7,8)17(4,5)6/h12-13H,9-11H2,1-8H3,(H,18,20)(H,19,21)/t12-,13-/m0/s1. The van der Waals surface area contributed by atoms with E-state index in [1.54, 1.807) is 20.8 Å². The summed E-state index contributed by atoms with van der Waals surface area (Å²) in [4.78, 5) is 24.1. The molecule has 0 spiro atoms. The number of carbonyl (C=O) groups excluding carboxylic acids is 2. The van der Waals surface area contributed by atoms with Gasteiger partial charge in [-0.25, -0.2) is 4.79 Å². The summed E-state index contributed by atoms with van der Waals surface area (Å²) < 4.78 is 11.6. The summed E-state index contributed by atoms with van der Waals surface area (Å²) in [7, 11) is -1.89. The number of hydrogen-bond donors (Lipinski definition) is 2. The predicted octanol–water partition coefficient (Wildman–Crippen LogP) is 3.18. The fourth-order valence-electron chi connectivity index (χ4n) is 2.20. The molecule has 1 aliphatic rings. The fourth-order valence-corrected chi connectivity index (χ4v) is 3.59. The van der Waals surface area contributed by atoms with E-state index in [2.05, 4.69) is 44.5 Å². The molecule has 24 heavy (non-hydrogen) atoms. The minimum Gasteiger partial charge on any atom is -0.444 e. The topological polar surface area (TPSA) is 76.7 Å². The molecule has 0 aromatic rings. The molecular weight excluding hydrogens is 324 g/mol. The molecule has 0 unspecified atom stereocenters. The third kappa shape index (κ3) is 6.43. The minimum absolute atomic E-state index is 0.0136. The highest BCUT2D eigenvalue weighted by Gasteiger charge is 2.40. The van der Waals surface area contributed by atoms with Gasteiger partial charge in [0.1, 0.15) is 11.6 Å². The lowest BCUT2D eigenvalue weighted by molar-refractivity contribution is -0.123. The summed E-state index contributed by atoms with van der Waals surface area (Å²) >= 11 is 0. The first-order valence-electron chi connectivity index (χ1n) is 8.66. The highest BCUT2D eigenvalue weighted by atomic mass is 28.4. The Kier molecular flexibility index (Phi) is 6.49. The zero-order valence-electron chi connectivity index (χ0n) is 16.4. The molecule has 2 atom stereocenters. The first-order chi connectivity index (χ1) is 10.7. The summed E-state index contributed by atoms with van der Waals surface area (Å²) in [6, 6.07) is -0.576. The Labute approximate surface area is 147 Å². The van der Waals surface area contributed by atoms with E-state index in [9.17, 15) is 9.59 Å². The van der Waals surface area contributed by atoms with Crippen molar-refractivity contribution >= 4 is 20.3 Å². The molecule has 1 saturated heterocycles. The monoisotopic (exact) mass is 358 g/mol. The van der Waals surface area contributed by atoms with Gasteiger partial charge in [-0.05, 0) is 51.7 Å². The molecule has 0 saturated carbocycles. The largest absolute Gasteiger partial charge is 0.444 e. The van der Waals surface area contributed by atoms with Crippen molar-refractivity contribution in [2.75, 3.05) is 6.54 Å². The molecule has 0 aromatic heterocycles. The number of rotatable bonds is 3. The van der Waals surface area contributed by atoms with Crippen LogP contribution < -0.4 is 10.6 Å². The summed E-state index contributed by atoms with van der Waals surface area (Å²) in [6.07, 6.45) is 0.697. The Balaban J connectivity index is 2.63. The van der Waals surface area contributed by atoms with Crippen LogP contribution in [0.4, 0.5) is 4.79 Å². The minimum atomic E-state index is -1.89. The van der Waals surface area contributed by atoms with Crippen molar-refractivity contribution in [3.63, 3.8) is 0 Å². The molecule has 1 rings (SSSR count). The van der Waals surface area contributed by atoms with Crippen molar-refractivity contribution in [2.24, 2.45) is 0 Å². The van der Waals surface area contributed by atoms with Gasteiger partial charge in [0.05, 0.1) is 6.10 Å². The van der Waals surface area contributed by atoms with Crippen LogP contribution in [0.3, 0.4) is 0 Å². The van der Waals surface area contributed by atoms with Crippen LogP contribution >= 0.6 is 0 Å². The van der Waals surface area contributed by atoms with Gasteiger partial charge in [0.2, 0.25) is 5.91 Å². The third-order valence-corrected chi connectivity index (χ3v) is 9.09. The van der Waals surface area contributed by atoms with E-state index in [4.69, 9.17) is 9.16 Å². The average Bonchev–Trinajstić information content (AvgIpc) is 2.50. The van der Waals surface area contributed by atoms with Crippen LogP contribution in [0.1, 0.15) is 54.4 Å². The van der Waals surface area contributed by atoms with Gasteiger partial charge in [0.15, 0.2) is 8.32 Å². The lowest BCUT2D eigenvalue weighted by Gasteiger charge is -2.39. The van der Waals surface area contributed by atoms with Crippen molar-refractivity contribution in [3.8, 4) is 0 Å². The van der Waals surface area contributed by atoms with Crippen LogP contribution in [0.25, 0.3) is 0 Å². The van der Waals surface area contributed by atoms with Gasteiger partial charge < -0.3 is 19.8 Å². The maximum atomic E-state index is 12.2. The number of alkyl carbamates (subject to hydrolysis) is 1. The quantitative estimate of drug-likeness (QED) is 0.760. The molecule has 1 aliphatic heterocycles. The Morgan fingerprint density at radius 1 is 1.17 bits per heavy atom. The van der Waals surface area contributed by atoms with Gasteiger partial charge in [-0.15, -0.1) is 0 Å². The van der Waals surface area contributed by atoms with Crippen LogP contribution in [-0.2, 0) is 14.0 Å². The second-order valence-electron chi connectivity index (χ2n) is 9.02. The van der Waals surface area contributed by atoms with Crippen LogP contribution in [0.5, 0.6) is 0 Å². The van der Waals surface area contributed by atoms with Crippen LogP contribution in [-0.4, -0.2) is 44.6 Å². The van der Waals surface area contributed by atoms with Gasteiger partial charge in [-0.1, -0.05) is 20.8 Å². The molecule has 7 heteroatoms. The highest BCUT2D eigenvalue weighted by Crippen LogP contribution is 2.37. The zero-order chi connectivity index (χ0) is 18.8. The molecule has 2 amide bonds. The normalized spacial score (nSPS) is 23.2. The summed E-state index contributed by atoms with van der Waals surface area (Å²) in [5, 5.41) is 5.66. The van der Waals surface area contributed by atoms with Crippen molar-refractivity contribution < 1.29 is 18.8 Å². The molecule has 0 bridgehead atoms. The van der Waals surface area contributed by atoms with Crippen molar-refractivity contribution in [2.45, 2.75) is 90.3 Å². The maximum Gasteiger partial charge on any atom is 0.408 e. The molecule has 6 nitrogen and oxygen atoms in total. The van der Waals surface area contributed by atoms with E-state index >= 15 is 0 Å². The van der Waals surface area contributed by atoms with Crippen molar-refractivity contribution in [1.29, 1.82) is 0 Å². The van der Waals surface area contributed by atoms with Gasteiger partial charge >= 0.3 is 6.09 Å². The summed E-state index contributed by atoms with van der Waals surface area (Å²) in [5.74, 6) is -0.179. The van der Waals surface area contributed by atoms with Gasteiger partial charge in [-0.2, -0.15) is 0 Å². The Bertz CT molecular complexity index is 466. The SMILES string of the molecule is CC(C)(C)OC(=O)N[C@H]1CC[C@H](O[Si](C)(C)C(C)(C)C)CNC1=O. The van der Waals surface area contributed by atoms with Crippen molar-refractivity contribution in [3.05, 3.63) is 0 Å². The predicted molar refractivity (Wildman–Crippen MR) is 97.5 cm³/mol. The first-order valence-corrected chi connectivity index (χ1v) is 11.6. The van der Waals surface area contributed by atoms with E-state index in [-0.39, 0.29) is 17.0 Å². The smallest absolute Gasteiger partial charge is 0.408 e. The number of nitrogens with one attached hydrogen (secondary N) is 2. The lowest BCUT2D eigenvalue weighted by Crippen LogP contribution is -2.48. The first kappa shape index (κ1) is 21.0. The molecule has 1 heterocycles. The molecule has 0 aliphatic carbocycles. The highest BCUT2D eigenvalue weighted by molar-refractivity contribution is 6.74. The number of carbonyl (C=O) groups is 2. The van der Waals surface area contributed by atoms with Gasteiger partial charge in [0, 0.05) is 6.54 Å². The Hall–Kier alpha value is -1.08. The molecule has 140 valence electrons. The van der Waals surface area contributed by atoms with E-state index in [0.717, 1.165) is 6.42 Å². The van der Waals surface area contributed by atoms with E-state index in [1.165, 1.54) is 0 Å². The number of hydrogen-bond acceptors (Lipinski definition) is 4. The molecular formula is C17H34N2O4Si. The lowest BCUT2D eigenvalue weighted by atomic mass is 10.1. The van der Waals surface area contributed by atoms with E-state index in [0.29, 0.717) is 13.0 Å². The summed E-state index contributed by atoms with van der Waals surface area (Å²) in [6.45, 7) is 16.9. The third-order valence-electron chi connectivity index (χ3n) is 4.56. The van der Waals surface area contributed by atoms with E-state index in [1.807, 2.05) is 0 Å².